The molecular weight excluding hydrogens is 334 g/mol. The van der Waals surface area contributed by atoms with Gasteiger partial charge in [-0.25, -0.2) is 4.79 Å². The lowest BCUT2D eigenvalue weighted by molar-refractivity contribution is 0.194. The van der Waals surface area contributed by atoms with Crippen molar-refractivity contribution in [2.75, 3.05) is 44.2 Å². The van der Waals surface area contributed by atoms with Gasteiger partial charge in [-0.2, -0.15) is 0 Å². The summed E-state index contributed by atoms with van der Waals surface area (Å²) in [5, 5.41) is 5.09. The number of carbonyl (C=O) groups is 1. The topological polar surface area (TPSA) is 44.8 Å². The maximum atomic E-state index is 12.3. The minimum atomic E-state index is 0.0364. The van der Waals surface area contributed by atoms with Crippen LogP contribution in [0.5, 0.6) is 5.75 Å². The second-order valence-electron chi connectivity index (χ2n) is 5.94. The Morgan fingerprint density at radius 2 is 1.96 bits per heavy atom. The van der Waals surface area contributed by atoms with Gasteiger partial charge in [0.1, 0.15) is 5.75 Å². The van der Waals surface area contributed by atoms with Crippen LogP contribution in [0, 0.1) is 0 Å². The molecule has 1 N–H and O–H groups in total. The number of urea groups is 1. The molecule has 1 saturated heterocycles. The molecule has 2 aromatic rings. The largest absolute Gasteiger partial charge is 0.492 e. The van der Waals surface area contributed by atoms with E-state index in [0.717, 1.165) is 44.0 Å². The van der Waals surface area contributed by atoms with Gasteiger partial charge in [-0.1, -0.05) is 18.2 Å². The van der Waals surface area contributed by atoms with Crippen LogP contribution in [0.15, 0.2) is 41.8 Å². The number of rotatable bonds is 6. The lowest BCUT2D eigenvalue weighted by atomic mass is 10.2. The zero-order valence-electron chi connectivity index (χ0n) is 14.6. The number of carbonyl (C=O) groups excluding carboxylic acids is 1. The first-order valence-electron chi connectivity index (χ1n) is 8.80. The molecule has 25 heavy (non-hydrogen) atoms. The van der Waals surface area contributed by atoms with Gasteiger partial charge >= 0.3 is 6.03 Å². The fraction of sp³-hybridized carbons (Fsp3) is 0.421. The van der Waals surface area contributed by atoms with Gasteiger partial charge in [0.2, 0.25) is 0 Å². The number of amides is 2. The van der Waals surface area contributed by atoms with E-state index in [1.165, 1.54) is 4.88 Å². The van der Waals surface area contributed by atoms with Gasteiger partial charge in [0.15, 0.2) is 0 Å². The number of anilines is 1. The van der Waals surface area contributed by atoms with Crippen molar-refractivity contribution in [2.45, 2.75) is 13.3 Å². The third-order valence-corrected chi connectivity index (χ3v) is 5.24. The Hall–Kier alpha value is -2.21. The average molecular weight is 359 g/mol. The molecule has 0 bridgehead atoms. The molecule has 1 fully saturated rings. The van der Waals surface area contributed by atoms with Crippen LogP contribution in [0.4, 0.5) is 10.5 Å². The first-order valence-corrected chi connectivity index (χ1v) is 9.68. The fourth-order valence-corrected chi connectivity index (χ4v) is 3.71. The second-order valence-corrected chi connectivity index (χ2v) is 6.97. The van der Waals surface area contributed by atoms with E-state index in [1.54, 1.807) is 11.3 Å². The number of nitrogens with one attached hydrogen (secondary N) is 1. The van der Waals surface area contributed by atoms with Crippen LogP contribution in [0.25, 0.3) is 0 Å². The molecule has 0 unspecified atom stereocenters. The smallest absolute Gasteiger partial charge is 0.317 e. The van der Waals surface area contributed by atoms with Crippen LogP contribution in [-0.2, 0) is 6.42 Å². The third-order valence-electron chi connectivity index (χ3n) is 4.30. The summed E-state index contributed by atoms with van der Waals surface area (Å²) in [5.74, 6) is 0.916. The molecule has 0 spiro atoms. The molecule has 1 aliphatic rings. The number of nitrogens with zero attached hydrogens (tertiary/aromatic N) is 2. The SMILES string of the molecule is CCOc1ccccc1N1CCN(C(=O)NCCc2cccs2)CC1. The number of piperazine rings is 1. The molecule has 134 valence electrons. The number of benzene rings is 1. The molecule has 0 radical (unpaired) electrons. The highest BCUT2D eigenvalue weighted by atomic mass is 32.1. The van der Waals surface area contributed by atoms with Crippen LogP contribution in [-0.4, -0.2) is 50.3 Å². The van der Waals surface area contributed by atoms with E-state index in [9.17, 15) is 4.79 Å². The Morgan fingerprint density at radius 3 is 2.68 bits per heavy atom. The summed E-state index contributed by atoms with van der Waals surface area (Å²) in [4.78, 5) is 17.8. The summed E-state index contributed by atoms with van der Waals surface area (Å²) in [6.45, 7) is 6.44. The molecular formula is C19H25N3O2S. The molecule has 1 aromatic carbocycles. The summed E-state index contributed by atoms with van der Waals surface area (Å²) in [7, 11) is 0. The van der Waals surface area contributed by atoms with Gasteiger partial charge in [0.05, 0.1) is 12.3 Å². The average Bonchev–Trinajstić information content (AvgIpc) is 3.16. The quantitative estimate of drug-likeness (QED) is 0.861. The maximum Gasteiger partial charge on any atom is 0.317 e. The van der Waals surface area contributed by atoms with Crippen LogP contribution in [0.1, 0.15) is 11.8 Å². The molecule has 1 aromatic heterocycles. The van der Waals surface area contributed by atoms with Crippen LogP contribution < -0.4 is 15.0 Å². The van der Waals surface area contributed by atoms with Gasteiger partial charge in [-0.15, -0.1) is 11.3 Å². The Morgan fingerprint density at radius 1 is 1.16 bits per heavy atom. The molecule has 1 aliphatic heterocycles. The Labute approximate surface area is 153 Å². The van der Waals surface area contributed by atoms with Crippen molar-refractivity contribution in [2.24, 2.45) is 0 Å². The zero-order valence-corrected chi connectivity index (χ0v) is 15.4. The normalized spacial score (nSPS) is 14.4. The Bertz CT molecular complexity index is 667. The Balaban J connectivity index is 1.47. The summed E-state index contributed by atoms with van der Waals surface area (Å²) >= 11 is 1.73. The van der Waals surface area contributed by atoms with Crippen molar-refractivity contribution in [3.63, 3.8) is 0 Å². The number of para-hydroxylation sites is 2. The molecule has 5 nitrogen and oxygen atoms in total. The van der Waals surface area contributed by atoms with Crippen LogP contribution in [0.2, 0.25) is 0 Å². The number of thiophene rings is 1. The highest BCUT2D eigenvalue weighted by molar-refractivity contribution is 7.09. The minimum Gasteiger partial charge on any atom is -0.492 e. The van der Waals surface area contributed by atoms with E-state index < -0.39 is 0 Å². The predicted octanol–water partition coefficient (Wildman–Crippen LogP) is 3.22. The van der Waals surface area contributed by atoms with Gasteiger partial charge in [-0.3, -0.25) is 0 Å². The van der Waals surface area contributed by atoms with E-state index in [4.69, 9.17) is 4.74 Å². The van der Waals surface area contributed by atoms with E-state index in [-0.39, 0.29) is 6.03 Å². The van der Waals surface area contributed by atoms with E-state index in [1.807, 2.05) is 36.1 Å². The van der Waals surface area contributed by atoms with Crippen LogP contribution in [0.3, 0.4) is 0 Å². The molecule has 0 saturated carbocycles. The lowest BCUT2D eigenvalue weighted by Gasteiger charge is -2.36. The highest BCUT2D eigenvalue weighted by Crippen LogP contribution is 2.28. The van der Waals surface area contributed by atoms with Crippen molar-refractivity contribution >= 4 is 23.1 Å². The molecule has 0 atom stereocenters. The minimum absolute atomic E-state index is 0.0364. The highest BCUT2D eigenvalue weighted by Gasteiger charge is 2.22. The van der Waals surface area contributed by atoms with E-state index in [0.29, 0.717) is 13.2 Å². The Kier molecular flexibility index (Phi) is 6.17. The number of ether oxygens (including phenoxy) is 1. The van der Waals surface area contributed by atoms with Crippen molar-refractivity contribution in [1.82, 2.24) is 10.2 Å². The molecule has 6 heteroatoms. The van der Waals surface area contributed by atoms with Crippen molar-refractivity contribution in [1.29, 1.82) is 0 Å². The summed E-state index contributed by atoms with van der Waals surface area (Å²) in [6, 6.07) is 12.3. The maximum absolute atomic E-state index is 12.3. The van der Waals surface area contributed by atoms with E-state index in [2.05, 4.69) is 27.7 Å². The molecule has 3 rings (SSSR count). The number of hydrogen-bond acceptors (Lipinski definition) is 4. The summed E-state index contributed by atoms with van der Waals surface area (Å²) in [6.07, 6.45) is 0.894. The standard InChI is InChI=1S/C19H25N3O2S/c1-2-24-18-8-4-3-7-17(18)21-11-13-22(14-12-21)19(23)20-10-9-16-6-5-15-25-16/h3-8,15H,2,9-14H2,1H3,(H,20,23). The first kappa shape index (κ1) is 17.6. The van der Waals surface area contributed by atoms with Gasteiger partial charge in [0.25, 0.3) is 0 Å². The molecule has 2 heterocycles. The first-order chi connectivity index (χ1) is 12.3. The zero-order chi connectivity index (χ0) is 17.5. The van der Waals surface area contributed by atoms with Crippen molar-refractivity contribution < 1.29 is 9.53 Å². The fourth-order valence-electron chi connectivity index (χ4n) is 3.01. The molecule has 0 aliphatic carbocycles. The number of hydrogen-bond donors (Lipinski definition) is 1. The van der Waals surface area contributed by atoms with Gasteiger partial charge < -0.3 is 19.9 Å². The molecule has 2 amide bonds. The van der Waals surface area contributed by atoms with Crippen LogP contribution >= 0.6 is 11.3 Å². The van der Waals surface area contributed by atoms with E-state index >= 15 is 0 Å². The summed E-state index contributed by atoms with van der Waals surface area (Å²) in [5.41, 5.74) is 1.11. The summed E-state index contributed by atoms with van der Waals surface area (Å²) < 4.78 is 5.72. The predicted molar refractivity (Wildman–Crippen MR) is 103 cm³/mol. The third kappa shape index (κ3) is 4.66. The monoisotopic (exact) mass is 359 g/mol. The van der Waals surface area contributed by atoms with Gasteiger partial charge in [0, 0.05) is 37.6 Å². The van der Waals surface area contributed by atoms with Crippen molar-refractivity contribution in [3.05, 3.63) is 46.7 Å². The lowest BCUT2D eigenvalue weighted by Crippen LogP contribution is -2.52. The van der Waals surface area contributed by atoms with Gasteiger partial charge in [-0.05, 0) is 36.9 Å². The van der Waals surface area contributed by atoms with Crippen molar-refractivity contribution in [3.8, 4) is 5.75 Å². The second kappa shape index (κ2) is 8.76.